The average Bonchev–Trinajstić information content (AvgIpc) is 2.49. The Hall–Kier alpha value is -0.830. The lowest BCUT2D eigenvalue weighted by molar-refractivity contribution is -0.142. The minimum Gasteiger partial charge on any atom is -0.268 e. The Morgan fingerprint density at radius 2 is 1.92 bits per heavy atom. The average molecular weight is 180 g/mol. The number of nitrogens with zero attached hydrogens (tertiary/aromatic N) is 2. The molecule has 1 amide bonds. The van der Waals surface area contributed by atoms with E-state index in [1.165, 1.54) is 19.3 Å². The molecule has 0 aliphatic carbocycles. The Labute approximate surface area is 79.0 Å². The van der Waals surface area contributed by atoms with Crippen LogP contribution in [0.4, 0.5) is 0 Å². The summed E-state index contributed by atoms with van der Waals surface area (Å²) >= 11 is 0. The molecule has 1 saturated heterocycles. The maximum Gasteiger partial charge on any atom is 0.263 e. The van der Waals surface area contributed by atoms with E-state index in [1.54, 1.807) is 0 Å². The molecule has 0 spiro atoms. The highest BCUT2D eigenvalue weighted by Gasteiger charge is 2.26. The smallest absolute Gasteiger partial charge is 0.263 e. The largest absolute Gasteiger partial charge is 0.268 e. The highest BCUT2D eigenvalue weighted by molar-refractivity contribution is 5.94. The van der Waals surface area contributed by atoms with Gasteiger partial charge in [-0.05, 0) is 19.8 Å². The third-order valence-electron chi connectivity index (χ3n) is 2.82. The van der Waals surface area contributed by atoms with Gasteiger partial charge in [-0.1, -0.05) is 12.5 Å². The number of rotatable bonds is 1. The zero-order valence-electron chi connectivity index (χ0n) is 8.12. The molecule has 0 radical (unpaired) electrons. The minimum atomic E-state index is 0.196. The van der Waals surface area contributed by atoms with Gasteiger partial charge >= 0.3 is 0 Å². The molecule has 0 saturated carbocycles. The van der Waals surface area contributed by atoms with Gasteiger partial charge in [0.2, 0.25) is 0 Å². The SMILES string of the molecule is CC1=CCN(N2CCCCC2)C1=O. The van der Waals surface area contributed by atoms with Crippen LogP contribution >= 0.6 is 0 Å². The van der Waals surface area contributed by atoms with Crippen molar-refractivity contribution < 1.29 is 4.79 Å². The number of amides is 1. The van der Waals surface area contributed by atoms with Gasteiger partial charge in [0, 0.05) is 18.7 Å². The molecule has 0 aromatic rings. The molecule has 2 rings (SSSR count). The molecule has 0 N–H and O–H groups in total. The minimum absolute atomic E-state index is 0.196. The molecular weight excluding hydrogens is 164 g/mol. The second-order valence-electron chi connectivity index (χ2n) is 3.79. The van der Waals surface area contributed by atoms with Gasteiger partial charge in [0.1, 0.15) is 0 Å². The molecule has 0 aromatic carbocycles. The van der Waals surface area contributed by atoms with E-state index in [4.69, 9.17) is 0 Å². The summed E-state index contributed by atoms with van der Waals surface area (Å²) < 4.78 is 0. The lowest BCUT2D eigenvalue weighted by Gasteiger charge is -2.34. The van der Waals surface area contributed by atoms with Crippen LogP contribution in [0.5, 0.6) is 0 Å². The number of hydrogen-bond acceptors (Lipinski definition) is 2. The highest BCUT2D eigenvalue weighted by Crippen LogP contribution is 2.17. The fourth-order valence-electron chi connectivity index (χ4n) is 1.96. The zero-order valence-corrected chi connectivity index (χ0v) is 8.12. The van der Waals surface area contributed by atoms with E-state index >= 15 is 0 Å². The normalized spacial score (nSPS) is 25.2. The number of hydrazine groups is 1. The van der Waals surface area contributed by atoms with Gasteiger partial charge in [-0.2, -0.15) is 0 Å². The molecular formula is C10H16N2O. The second-order valence-corrected chi connectivity index (χ2v) is 3.79. The summed E-state index contributed by atoms with van der Waals surface area (Å²) in [7, 11) is 0. The van der Waals surface area contributed by atoms with Crippen molar-refractivity contribution in [1.82, 2.24) is 10.0 Å². The summed E-state index contributed by atoms with van der Waals surface area (Å²) in [5.41, 5.74) is 0.894. The molecule has 2 aliphatic rings. The van der Waals surface area contributed by atoms with Gasteiger partial charge in [0.05, 0.1) is 6.54 Å². The predicted octanol–water partition coefficient (Wildman–Crippen LogP) is 1.18. The van der Waals surface area contributed by atoms with Crippen LogP contribution in [0, 0.1) is 0 Å². The molecule has 0 atom stereocenters. The van der Waals surface area contributed by atoms with Gasteiger partial charge in [-0.25, -0.2) is 5.01 Å². The van der Waals surface area contributed by atoms with E-state index in [-0.39, 0.29) is 5.91 Å². The van der Waals surface area contributed by atoms with Crippen LogP contribution in [-0.2, 0) is 4.79 Å². The van der Waals surface area contributed by atoms with Crippen LogP contribution < -0.4 is 0 Å². The molecule has 0 unspecified atom stereocenters. The third-order valence-corrected chi connectivity index (χ3v) is 2.82. The maximum absolute atomic E-state index is 11.6. The summed E-state index contributed by atoms with van der Waals surface area (Å²) in [6, 6.07) is 0. The quantitative estimate of drug-likeness (QED) is 0.605. The molecule has 72 valence electrons. The molecule has 2 heterocycles. The molecule has 0 bridgehead atoms. The van der Waals surface area contributed by atoms with Gasteiger partial charge in [0.15, 0.2) is 0 Å². The van der Waals surface area contributed by atoms with E-state index in [0.29, 0.717) is 0 Å². The van der Waals surface area contributed by atoms with Gasteiger partial charge in [-0.15, -0.1) is 0 Å². The Morgan fingerprint density at radius 3 is 2.46 bits per heavy atom. The van der Waals surface area contributed by atoms with Crippen molar-refractivity contribution in [3.05, 3.63) is 11.6 Å². The van der Waals surface area contributed by atoms with Gasteiger partial charge in [-0.3, -0.25) is 9.80 Å². The first-order valence-electron chi connectivity index (χ1n) is 5.02. The lowest BCUT2D eigenvalue weighted by Crippen LogP contribution is -2.46. The summed E-state index contributed by atoms with van der Waals surface area (Å²) in [5, 5.41) is 4.08. The summed E-state index contributed by atoms with van der Waals surface area (Å²) in [4.78, 5) is 11.6. The van der Waals surface area contributed by atoms with E-state index in [0.717, 1.165) is 25.2 Å². The fourth-order valence-corrected chi connectivity index (χ4v) is 1.96. The Kier molecular flexibility index (Phi) is 2.36. The first-order valence-corrected chi connectivity index (χ1v) is 5.02. The predicted molar refractivity (Wildman–Crippen MR) is 50.9 cm³/mol. The van der Waals surface area contributed by atoms with Crippen LogP contribution in [-0.4, -0.2) is 35.6 Å². The first kappa shape index (κ1) is 8.75. The zero-order chi connectivity index (χ0) is 9.26. The number of piperidine rings is 1. The fraction of sp³-hybridized carbons (Fsp3) is 0.700. The third kappa shape index (κ3) is 1.61. The van der Waals surface area contributed by atoms with Crippen LogP contribution in [0.15, 0.2) is 11.6 Å². The van der Waals surface area contributed by atoms with Crippen LogP contribution in [0.3, 0.4) is 0 Å². The van der Waals surface area contributed by atoms with Crippen molar-refractivity contribution in [3.8, 4) is 0 Å². The monoisotopic (exact) mass is 180 g/mol. The number of carbonyl (C=O) groups is 1. The Bertz CT molecular complexity index is 241. The van der Waals surface area contributed by atoms with Gasteiger partial charge < -0.3 is 0 Å². The summed E-state index contributed by atoms with van der Waals surface area (Å²) in [5.74, 6) is 0.196. The van der Waals surface area contributed by atoms with Crippen LogP contribution in [0.25, 0.3) is 0 Å². The topological polar surface area (TPSA) is 23.6 Å². The van der Waals surface area contributed by atoms with Crippen molar-refractivity contribution in [2.75, 3.05) is 19.6 Å². The van der Waals surface area contributed by atoms with E-state index < -0.39 is 0 Å². The summed E-state index contributed by atoms with van der Waals surface area (Å²) in [6.45, 7) is 4.77. The molecule has 3 heteroatoms. The second kappa shape index (κ2) is 3.50. The van der Waals surface area contributed by atoms with Crippen molar-refractivity contribution in [1.29, 1.82) is 0 Å². The molecule has 0 aromatic heterocycles. The van der Waals surface area contributed by atoms with Crippen LogP contribution in [0.2, 0.25) is 0 Å². The first-order chi connectivity index (χ1) is 6.29. The molecule has 1 fully saturated rings. The van der Waals surface area contributed by atoms with Crippen molar-refractivity contribution in [2.45, 2.75) is 26.2 Å². The van der Waals surface area contributed by atoms with Gasteiger partial charge in [0.25, 0.3) is 5.91 Å². The Balaban J connectivity index is 1.98. The van der Waals surface area contributed by atoms with Crippen molar-refractivity contribution >= 4 is 5.91 Å². The number of hydrogen-bond donors (Lipinski definition) is 0. The van der Waals surface area contributed by atoms with Crippen LogP contribution in [0.1, 0.15) is 26.2 Å². The van der Waals surface area contributed by atoms with Crippen molar-refractivity contribution in [2.24, 2.45) is 0 Å². The number of carbonyl (C=O) groups excluding carboxylic acids is 1. The highest BCUT2D eigenvalue weighted by atomic mass is 16.2. The van der Waals surface area contributed by atoms with Crippen molar-refractivity contribution in [3.63, 3.8) is 0 Å². The van der Waals surface area contributed by atoms with E-state index in [1.807, 2.05) is 18.0 Å². The molecule has 2 aliphatic heterocycles. The standard InChI is InChI=1S/C10H16N2O/c1-9-5-8-12(10(9)13)11-6-3-2-4-7-11/h5H,2-4,6-8H2,1H3. The Morgan fingerprint density at radius 1 is 1.23 bits per heavy atom. The summed E-state index contributed by atoms with van der Waals surface area (Å²) in [6.07, 6.45) is 5.77. The van der Waals surface area contributed by atoms with E-state index in [2.05, 4.69) is 5.01 Å². The lowest BCUT2D eigenvalue weighted by atomic mass is 10.2. The molecule has 13 heavy (non-hydrogen) atoms. The molecule has 3 nitrogen and oxygen atoms in total. The maximum atomic E-state index is 11.6. The van der Waals surface area contributed by atoms with E-state index in [9.17, 15) is 4.79 Å².